The highest BCUT2D eigenvalue weighted by atomic mass is 16.5. The minimum absolute atomic E-state index is 0.227. The Morgan fingerprint density at radius 3 is 2.52 bits per heavy atom. The Kier molecular flexibility index (Phi) is 5.11. The van der Waals surface area contributed by atoms with Crippen LogP contribution in [0.15, 0.2) is 48.5 Å². The molecule has 27 heavy (non-hydrogen) atoms. The maximum Gasteiger partial charge on any atom is 0.160 e. The molecule has 2 aliphatic heterocycles. The zero-order valence-electron chi connectivity index (χ0n) is 16.4. The van der Waals surface area contributed by atoms with Gasteiger partial charge in [-0.1, -0.05) is 36.4 Å². The molecule has 2 saturated heterocycles. The molecule has 2 aliphatic rings. The minimum Gasteiger partial charge on any atom is -0.504 e. The molecule has 4 heteroatoms. The second kappa shape index (κ2) is 7.53. The van der Waals surface area contributed by atoms with E-state index in [4.69, 9.17) is 4.74 Å². The van der Waals surface area contributed by atoms with Crippen molar-refractivity contribution in [1.82, 2.24) is 9.80 Å². The maximum atomic E-state index is 10.0. The van der Waals surface area contributed by atoms with Crippen molar-refractivity contribution < 1.29 is 9.84 Å². The lowest BCUT2D eigenvalue weighted by molar-refractivity contribution is 0.0672. The summed E-state index contributed by atoms with van der Waals surface area (Å²) in [4.78, 5) is 5.12. The van der Waals surface area contributed by atoms with Crippen LogP contribution in [0.5, 0.6) is 11.5 Å². The second-order valence-electron chi connectivity index (χ2n) is 8.20. The van der Waals surface area contributed by atoms with Gasteiger partial charge in [-0.2, -0.15) is 0 Å². The van der Waals surface area contributed by atoms with E-state index in [1.807, 2.05) is 12.1 Å². The van der Waals surface area contributed by atoms with Crippen LogP contribution in [0.3, 0.4) is 0 Å². The van der Waals surface area contributed by atoms with Gasteiger partial charge in [-0.3, -0.25) is 9.80 Å². The summed E-state index contributed by atoms with van der Waals surface area (Å²) in [6.45, 7) is 4.27. The number of piperidine rings is 1. The van der Waals surface area contributed by atoms with Gasteiger partial charge < -0.3 is 9.84 Å². The number of hydrogen-bond acceptors (Lipinski definition) is 4. The number of methoxy groups -OCH3 is 1. The third-order valence-corrected chi connectivity index (χ3v) is 6.64. The zero-order chi connectivity index (χ0) is 18.9. The van der Waals surface area contributed by atoms with Crippen molar-refractivity contribution in [2.75, 3.05) is 33.8 Å². The lowest BCUT2D eigenvalue weighted by Crippen LogP contribution is -2.50. The van der Waals surface area contributed by atoms with Crippen LogP contribution in [0.25, 0.3) is 0 Å². The first kappa shape index (κ1) is 18.3. The molecule has 0 amide bonds. The highest BCUT2D eigenvalue weighted by molar-refractivity contribution is 5.41. The average Bonchev–Trinajstić information content (AvgIpc) is 3.01. The fraction of sp³-hybridized carbons (Fsp3) is 0.478. The Balaban J connectivity index is 1.38. The van der Waals surface area contributed by atoms with Crippen LogP contribution in [-0.4, -0.2) is 54.2 Å². The van der Waals surface area contributed by atoms with E-state index in [0.717, 1.165) is 31.7 Å². The second-order valence-corrected chi connectivity index (χ2v) is 8.20. The molecule has 2 aromatic carbocycles. The van der Waals surface area contributed by atoms with E-state index in [9.17, 15) is 5.11 Å². The van der Waals surface area contributed by atoms with Crippen LogP contribution in [0.1, 0.15) is 36.3 Å². The molecule has 0 saturated carbocycles. The zero-order valence-corrected chi connectivity index (χ0v) is 16.4. The molecule has 0 aliphatic carbocycles. The summed E-state index contributed by atoms with van der Waals surface area (Å²) in [5.74, 6) is 1.42. The lowest BCUT2D eigenvalue weighted by atomic mass is 9.81. The summed E-state index contributed by atoms with van der Waals surface area (Å²) in [5, 5.41) is 10.0. The Labute approximate surface area is 162 Å². The number of likely N-dealkylation sites (tertiary alicyclic amines) is 2. The van der Waals surface area contributed by atoms with Crippen molar-refractivity contribution in [3.05, 3.63) is 59.7 Å². The van der Waals surface area contributed by atoms with Crippen LogP contribution >= 0.6 is 0 Å². The van der Waals surface area contributed by atoms with Crippen LogP contribution in [0.2, 0.25) is 0 Å². The smallest absolute Gasteiger partial charge is 0.160 e. The number of rotatable bonds is 4. The van der Waals surface area contributed by atoms with Crippen LogP contribution < -0.4 is 4.74 Å². The Morgan fingerprint density at radius 1 is 1.11 bits per heavy atom. The first-order valence-corrected chi connectivity index (χ1v) is 9.94. The van der Waals surface area contributed by atoms with Crippen molar-refractivity contribution in [2.24, 2.45) is 0 Å². The van der Waals surface area contributed by atoms with Gasteiger partial charge in [-0.15, -0.1) is 0 Å². The number of ether oxygens (including phenoxy) is 1. The standard InChI is InChI=1S/C23H30N2O2/c1-24-17-20(19-6-4-3-5-7-19)15-23(24)10-12-25(13-11-23)16-18-8-9-22(27-2)21(26)14-18/h3-9,14,20,26H,10-13,15-17H2,1-2H3/t20-/m0/s1. The number of phenols is 1. The summed E-state index contributed by atoms with van der Waals surface area (Å²) in [7, 11) is 3.89. The molecule has 4 nitrogen and oxygen atoms in total. The fourth-order valence-corrected chi connectivity index (χ4v) is 4.96. The van der Waals surface area contributed by atoms with E-state index >= 15 is 0 Å². The first-order chi connectivity index (χ1) is 13.1. The number of likely N-dealkylation sites (N-methyl/N-ethyl adjacent to an activating group) is 1. The van der Waals surface area contributed by atoms with Gasteiger partial charge in [0.25, 0.3) is 0 Å². The molecule has 1 atom stereocenters. The number of hydrogen-bond donors (Lipinski definition) is 1. The number of nitrogens with zero attached hydrogens (tertiary/aromatic N) is 2. The van der Waals surface area contributed by atoms with E-state index in [1.54, 1.807) is 7.11 Å². The van der Waals surface area contributed by atoms with Gasteiger partial charge >= 0.3 is 0 Å². The highest BCUT2D eigenvalue weighted by Crippen LogP contribution is 2.44. The summed E-state index contributed by atoms with van der Waals surface area (Å²) in [6.07, 6.45) is 3.70. The molecular weight excluding hydrogens is 336 g/mol. The molecular formula is C23H30N2O2. The van der Waals surface area contributed by atoms with E-state index in [0.29, 0.717) is 17.2 Å². The molecule has 1 N–H and O–H groups in total. The predicted octanol–water partition coefficient (Wildman–Crippen LogP) is 3.85. The van der Waals surface area contributed by atoms with Crippen molar-refractivity contribution in [3.8, 4) is 11.5 Å². The third kappa shape index (κ3) is 3.69. The first-order valence-electron chi connectivity index (χ1n) is 9.94. The van der Waals surface area contributed by atoms with E-state index in [2.05, 4.69) is 53.2 Å². The van der Waals surface area contributed by atoms with Crippen LogP contribution in [0.4, 0.5) is 0 Å². The molecule has 0 unspecified atom stereocenters. The monoisotopic (exact) mass is 366 g/mol. The van der Waals surface area contributed by atoms with Gasteiger partial charge in [0.1, 0.15) is 0 Å². The fourth-order valence-electron chi connectivity index (χ4n) is 4.96. The topological polar surface area (TPSA) is 35.9 Å². The summed E-state index contributed by atoms with van der Waals surface area (Å²) in [6, 6.07) is 16.7. The van der Waals surface area contributed by atoms with Gasteiger partial charge in [-0.25, -0.2) is 0 Å². The molecule has 2 heterocycles. The molecule has 0 radical (unpaired) electrons. The maximum absolute atomic E-state index is 10.0. The predicted molar refractivity (Wildman–Crippen MR) is 108 cm³/mol. The molecule has 2 fully saturated rings. The van der Waals surface area contributed by atoms with Gasteiger partial charge in [0, 0.05) is 31.7 Å². The van der Waals surface area contributed by atoms with Crippen molar-refractivity contribution in [1.29, 1.82) is 0 Å². The lowest BCUT2D eigenvalue weighted by Gasteiger charge is -2.43. The van der Waals surface area contributed by atoms with Crippen molar-refractivity contribution in [3.63, 3.8) is 0 Å². The van der Waals surface area contributed by atoms with Crippen LogP contribution in [-0.2, 0) is 6.54 Å². The summed E-state index contributed by atoms with van der Waals surface area (Å²) < 4.78 is 5.14. The molecule has 2 aromatic rings. The quantitative estimate of drug-likeness (QED) is 0.891. The summed E-state index contributed by atoms with van der Waals surface area (Å²) >= 11 is 0. The van der Waals surface area contributed by atoms with Gasteiger partial charge in [0.05, 0.1) is 7.11 Å². The number of phenolic OH excluding ortho intramolecular Hbond substituents is 1. The van der Waals surface area contributed by atoms with Gasteiger partial charge in [-0.05, 0) is 55.5 Å². The molecule has 144 valence electrons. The largest absolute Gasteiger partial charge is 0.504 e. The van der Waals surface area contributed by atoms with E-state index < -0.39 is 0 Å². The van der Waals surface area contributed by atoms with Crippen molar-refractivity contribution in [2.45, 2.75) is 37.3 Å². The molecule has 0 bridgehead atoms. The third-order valence-electron chi connectivity index (χ3n) is 6.64. The van der Waals surface area contributed by atoms with E-state index in [1.165, 1.54) is 24.8 Å². The van der Waals surface area contributed by atoms with Gasteiger partial charge in [0.2, 0.25) is 0 Å². The SMILES string of the molecule is COc1ccc(CN2CCC3(CC2)C[C@H](c2ccccc2)CN3C)cc1O. The van der Waals surface area contributed by atoms with E-state index in [-0.39, 0.29) is 5.75 Å². The minimum atomic E-state index is 0.227. The molecule has 1 spiro atoms. The van der Waals surface area contributed by atoms with Crippen molar-refractivity contribution >= 4 is 0 Å². The van der Waals surface area contributed by atoms with Crippen LogP contribution in [0, 0.1) is 0 Å². The van der Waals surface area contributed by atoms with Gasteiger partial charge in [0.15, 0.2) is 11.5 Å². The normalized spacial score (nSPS) is 23.0. The molecule has 0 aromatic heterocycles. The summed E-state index contributed by atoms with van der Waals surface area (Å²) in [5.41, 5.74) is 2.97. The molecule has 4 rings (SSSR count). The Bertz CT molecular complexity index is 769. The number of benzene rings is 2. The Hall–Kier alpha value is -2.04. The average molecular weight is 367 g/mol. The number of aromatic hydroxyl groups is 1. The highest BCUT2D eigenvalue weighted by Gasteiger charge is 2.45. The Morgan fingerprint density at radius 2 is 1.85 bits per heavy atom.